The second-order valence-corrected chi connectivity index (χ2v) is 9.49. The molecule has 0 spiro atoms. The first-order valence-electron chi connectivity index (χ1n) is 9.06. The van der Waals surface area contributed by atoms with Crippen molar-refractivity contribution in [3.63, 3.8) is 0 Å². The highest BCUT2D eigenvalue weighted by Crippen LogP contribution is 2.50. The van der Waals surface area contributed by atoms with Gasteiger partial charge in [0.1, 0.15) is 23.5 Å². The fraction of sp³-hybridized carbons (Fsp3) is 0.526. The quantitative estimate of drug-likeness (QED) is 0.537. The number of fused-ring (bicyclic) bond motifs is 1. The molecule has 1 aromatic carbocycles. The Balaban J connectivity index is 0.000000640. The number of carboxylic acid groups (broad SMARTS) is 1. The average molecular weight is 409 g/mol. The summed E-state index contributed by atoms with van der Waals surface area (Å²) in [5, 5.41) is 11.7. The van der Waals surface area contributed by atoms with E-state index in [1.54, 1.807) is 38.1 Å². The molecule has 0 aromatic heterocycles. The molecule has 3 rings (SSSR count). The van der Waals surface area contributed by atoms with Crippen molar-refractivity contribution in [2.24, 2.45) is 11.5 Å². The number of nitrogens with zero attached hydrogens (tertiary/aromatic N) is 1. The number of carboxylic acids is 1. The van der Waals surface area contributed by atoms with Gasteiger partial charge in [-0.15, -0.1) is 11.8 Å². The normalized spacial score (nSPS) is 25.9. The molecule has 28 heavy (non-hydrogen) atoms. The van der Waals surface area contributed by atoms with Gasteiger partial charge in [0, 0.05) is 4.75 Å². The van der Waals surface area contributed by atoms with Crippen LogP contribution in [0, 0.1) is 0 Å². The van der Waals surface area contributed by atoms with Gasteiger partial charge in [-0.3, -0.25) is 9.59 Å². The number of hydrogen-bond acceptors (Lipinski definition) is 6. The molecule has 6 N–H and O–H groups in total. The number of amides is 2. The SMILES string of the molecule is CC(C)N.CC1(C)S[C@@H]2[C@H](NC(=O)C(N)c3ccccc3)C(=O)N2[C@H]1C(=O)O. The van der Waals surface area contributed by atoms with Gasteiger partial charge < -0.3 is 26.8 Å². The first kappa shape index (κ1) is 22.2. The lowest BCUT2D eigenvalue weighted by atomic mass is 9.95. The molecule has 0 radical (unpaired) electrons. The summed E-state index contributed by atoms with van der Waals surface area (Å²) in [6.07, 6.45) is 0. The number of aliphatic carboxylic acids is 1. The van der Waals surface area contributed by atoms with Gasteiger partial charge in [0.15, 0.2) is 0 Å². The summed E-state index contributed by atoms with van der Waals surface area (Å²) < 4.78 is -0.618. The summed E-state index contributed by atoms with van der Waals surface area (Å²) in [5.41, 5.74) is 11.7. The van der Waals surface area contributed by atoms with Crippen LogP contribution in [0.4, 0.5) is 0 Å². The van der Waals surface area contributed by atoms with Gasteiger partial charge in [-0.05, 0) is 25.5 Å². The van der Waals surface area contributed by atoms with Gasteiger partial charge in [-0.2, -0.15) is 0 Å². The van der Waals surface area contributed by atoms with Crippen molar-refractivity contribution in [2.75, 3.05) is 0 Å². The Morgan fingerprint density at radius 2 is 1.75 bits per heavy atom. The van der Waals surface area contributed by atoms with Crippen LogP contribution in [0.3, 0.4) is 0 Å². The summed E-state index contributed by atoms with van der Waals surface area (Å²) in [4.78, 5) is 37.5. The van der Waals surface area contributed by atoms with Crippen LogP contribution in [0.1, 0.15) is 39.3 Å². The molecular formula is C19H28N4O4S. The van der Waals surface area contributed by atoms with E-state index in [-0.39, 0.29) is 11.3 Å². The summed E-state index contributed by atoms with van der Waals surface area (Å²) in [6, 6.07) is 6.71. The minimum atomic E-state index is -1.03. The number of hydrogen-bond donors (Lipinski definition) is 4. The standard InChI is InChI=1S/C16H19N3O4S.C3H9N/c1-16(2)11(15(22)23)19-13(21)10(14(19)24-16)18-12(20)9(17)8-6-4-3-5-7-8;1-3(2)4/h3-7,9-11,14H,17H2,1-2H3,(H,18,20)(H,22,23);3H,4H2,1-2H3/t9?,10-,11+,14-;/m1./s1. The maximum absolute atomic E-state index is 12.3. The summed E-state index contributed by atoms with van der Waals surface area (Å²) in [5.74, 6) is -1.86. The van der Waals surface area contributed by atoms with Gasteiger partial charge in [0.2, 0.25) is 11.8 Å². The van der Waals surface area contributed by atoms with Crippen LogP contribution in [0.25, 0.3) is 0 Å². The van der Waals surface area contributed by atoms with Gasteiger partial charge in [-0.25, -0.2) is 4.79 Å². The molecule has 9 heteroatoms. The van der Waals surface area contributed by atoms with E-state index in [0.717, 1.165) is 0 Å². The molecule has 0 aliphatic carbocycles. The van der Waals surface area contributed by atoms with Crippen LogP contribution in [-0.4, -0.2) is 56.0 Å². The van der Waals surface area contributed by atoms with Crippen LogP contribution in [0.5, 0.6) is 0 Å². The lowest BCUT2D eigenvalue weighted by Gasteiger charge is -2.43. The molecular weight excluding hydrogens is 380 g/mol. The first-order valence-corrected chi connectivity index (χ1v) is 9.94. The van der Waals surface area contributed by atoms with E-state index in [4.69, 9.17) is 11.5 Å². The zero-order valence-corrected chi connectivity index (χ0v) is 17.3. The Bertz CT molecular complexity index is 738. The Morgan fingerprint density at radius 1 is 1.21 bits per heavy atom. The van der Waals surface area contributed by atoms with E-state index in [0.29, 0.717) is 11.6 Å². The molecule has 4 atom stereocenters. The number of nitrogens with two attached hydrogens (primary N) is 2. The number of benzene rings is 1. The molecule has 1 unspecified atom stereocenters. The highest BCUT2D eigenvalue weighted by Gasteiger charge is 2.64. The third kappa shape index (κ3) is 4.48. The number of carbonyl (C=O) groups is 3. The number of carbonyl (C=O) groups excluding carboxylic acids is 2. The molecule has 0 saturated carbocycles. The average Bonchev–Trinajstić information content (AvgIpc) is 2.87. The molecule has 0 bridgehead atoms. The second kappa shape index (κ2) is 8.50. The third-order valence-corrected chi connectivity index (χ3v) is 5.99. The van der Waals surface area contributed by atoms with Crippen molar-refractivity contribution < 1.29 is 19.5 Å². The largest absolute Gasteiger partial charge is 0.480 e. The molecule has 2 saturated heterocycles. The van der Waals surface area contributed by atoms with Gasteiger partial charge in [0.25, 0.3) is 0 Å². The van der Waals surface area contributed by atoms with Crippen LogP contribution >= 0.6 is 11.8 Å². The molecule has 1 aromatic rings. The predicted molar refractivity (Wildman–Crippen MR) is 108 cm³/mol. The molecule has 2 aliphatic heterocycles. The fourth-order valence-corrected chi connectivity index (χ4v) is 4.83. The Morgan fingerprint density at radius 3 is 2.25 bits per heavy atom. The lowest BCUT2D eigenvalue weighted by Crippen LogP contribution is -2.71. The van der Waals surface area contributed by atoms with Crippen molar-refractivity contribution in [3.8, 4) is 0 Å². The van der Waals surface area contributed by atoms with Crippen molar-refractivity contribution in [3.05, 3.63) is 35.9 Å². The highest BCUT2D eigenvalue weighted by molar-refractivity contribution is 8.01. The first-order chi connectivity index (χ1) is 13.0. The van der Waals surface area contributed by atoms with E-state index < -0.39 is 34.7 Å². The van der Waals surface area contributed by atoms with Crippen molar-refractivity contribution in [1.82, 2.24) is 10.2 Å². The Kier molecular flexibility index (Phi) is 6.74. The maximum Gasteiger partial charge on any atom is 0.327 e. The van der Waals surface area contributed by atoms with E-state index in [1.807, 2.05) is 19.9 Å². The van der Waals surface area contributed by atoms with Gasteiger partial charge >= 0.3 is 5.97 Å². The highest BCUT2D eigenvalue weighted by atomic mass is 32.2. The van der Waals surface area contributed by atoms with E-state index >= 15 is 0 Å². The lowest BCUT2D eigenvalue weighted by molar-refractivity contribution is -0.161. The summed E-state index contributed by atoms with van der Waals surface area (Å²) in [6.45, 7) is 7.47. The zero-order valence-electron chi connectivity index (χ0n) is 16.5. The topological polar surface area (TPSA) is 139 Å². The Labute approximate surface area is 169 Å². The number of thioether (sulfide) groups is 1. The second-order valence-electron chi connectivity index (χ2n) is 7.72. The minimum absolute atomic E-state index is 0.333. The molecule has 2 fully saturated rings. The summed E-state index contributed by atoms with van der Waals surface area (Å²) >= 11 is 1.38. The number of nitrogens with one attached hydrogen (secondary N) is 1. The van der Waals surface area contributed by atoms with Crippen molar-refractivity contribution >= 4 is 29.5 Å². The van der Waals surface area contributed by atoms with E-state index in [9.17, 15) is 19.5 Å². The smallest absolute Gasteiger partial charge is 0.327 e. The number of rotatable bonds is 4. The molecule has 8 nitrogen and oxygen atoms in total. The van der Waals surface area contributed by atoms with Crippen LogP contribution < -0.4 is 16.8 Å². The van der Waals surface area contributed by atoms with Gasteiger partial charge in [0.05, 0.1) is 0 Å². The number of β-lactam (4-membered cyclic amide) rings is 1. The monoisotopic (exact) mass is 408 g/mol. The minimum Gasteiger partial charge on any atom is -0.480 e. The van der Waals surface area contributed by atoms with Gasteiger partial charge in [-0.1, -0.05) is 44.2 Å². The molecule has 2 aliphatic rings. The van der Waals surface area contributed by atoms with Crippen LogP contribution in [0.15, 0.2) is 30.3 Å². The third-order valence-electron chi connectivity index (χ3n) is 4.41. The van der Waals surface area contributed by atoms with Crippen LogP contribution in [0.2, 0.25) is 0 Å². The molecule has 2 amide bonds. The molecule has 154 valence electrons. The molecule has 2 heterocycles. The van der Waals surface area contributed by atoms with E-state index in [1.165, 1.54) is 16.7 Å². The Hall–Kier alpha value is -2.10. The van der Waals surface area contributed by atoms with E-state index in [2.05, 4.69) is 5.32 Å². The summed E-state index contributed by atoms with van der Waals surface area (Å²) in [7, 11) is 0. The van der Waals surface area contributed by atoms with Crippen molar-refractivity contribution in [1.29, 1.82) is 0 Å². The maximum atomic E-state index is 12.3. The zero-order chi connectivity index (χ0) is 21.2. The predicted octanol–water partition coefficient (Wildman–Crippen LogP) is 0.672. The fourth-order valence-electron chi connectivity index (χ4n) is 3.20. The van der Waals surface area contributed by atoms with Crippen LogP contribution in [-0.2, 0) is 14.4 Å². The van der Waals surface area contributed by atoms with Crippen molar-refractivity contribution in [2.45, 2.75) is 62.0 Å².